The van der Waals surface area contributed by atoms with Gasteiger partial charge < -0.3 is 24.2 Å². The molecule has 53 heavy (non-hydrogen) atoms. The summed E-state index contributed by atoms with van der Waals surface area (Å²) in [5.74, 6) is 1.61. The summed E-state index contributed by atoms with van der Waals surface area (Å²) < 4.78 is 78.5. The third kappa shape index (κ3) is 17.4. The fourth-order valence-corrected chi connectivity index (χ4v) is 7.12. The van der Waals surface area contributed by atoms with Crippen molar-refractivity contribution in [2.45, 2.75) is 114 Å². The molecule has 13 heteroatoms. The van der Waals surface area contributed by atoms with Gasteiger partial charge in [-0.15, -0.1) is 5.75 Å². The van der Waals surface area contributed by atoms with E-state index in [9.17, 15) is 36.2 Å². The van der Waals surface area contributed by atoms with Gasteiger partial charge in [0.25, 0.3) is 10.1 Å². The number of rotatable bonds is 20. The molecule has 0 fully saturated rings. The molecule has 0 saturated carbocycles. The molecule has 0 radical (unpaired) electrons. The second-order valence-corrected chi connectivity index (χ2v) is 15.4. The maximum absolute atomic E-state index is 11.6. The van der Waals surface area contributed by atoms with Crippen molar-refractivity contribution >= 4 is 58.0 Å². The maximum atomic E-state index is 11.6. The summed E-state index contributed by atoms with van der Waals surface area (Å²) in [4.78, 5) is -0.273. The van der Waals surface area contributed by atoms with Gasteiger partial charge in [0.05, 0.1) is 9.79 Å². The number of aryl methyl sites for hydroxylation is 2. The Labute approximate surface area is 345 Å². The normalized spacial score (nSPS) is 11.2. The van der Waals surface area contributed by atoms with Crippen LogP contribution in [0.3, 0.4) is 0 Å². The Kier molecular flexibility index (Phi) is 20.8. The van der Waals surface area contributed by atoms with Gasteiger partial charge in [-0.2, -0.15) is 8.42 Å². The topological polar surface area (TPSA) is 173 Å². The van der Waals surface area contributed by atoms with E-state index in [0.29, 0.717) is 47.0 Å². The number of benzene rings is 4. The van der Waals surface area contributed by atoms with Crippen molar-refractivity contribution in [2.75, 3.05) is 0 Å². The van der Waals surface area contributed by atoms with E-state index < -0.39 is 20.2 Å². The molecule has 0 heterocycles. The fraction of sp³-hybridized carbons (Fsp3) is 0.400. The Morgan fingerprint density at radius 2 is 1.00 bits per heavy atom. The number of hydrogen-bond acceptors (Lipinski definition) is 9. The van der Waals surface area contributed by atoms with E-state index in [1.165, 1.54) is 80.6 Å². The van der Waals surface area contributed by atoms with Gasteiger partial charge in [-0.25, -0.2) is 8.42 Å². The number of ether oxygens (including phenoxy) is 2. The largest absolute Gasteiger partial charge is 2.00 e. The Morgan fingerprint density at radius 3 is 1.47 bits per heavy atom. The van der Waals surface area contributed by atoms with E-state index in [4.69, 9.17) is 9.47 Å². The molecule has 0 aliphatic heterocycles. The number of aromatic hydroxyl groups is 1. The Hall–Kier alpha value is -2.84. The van der Waals surface area contributed by atoms with Gasteiger partial charge >= 0.3 is 37.7 Å². The summed E-state index contributed by atoms with van der Waals surface area (Å²) in [6.45, 7) is 4.32. The molecule has 2 N–H and O–H groups in total. The molecule has 0 unspecified atom stereocenters. The summed E-state index contributed by atoms with van der Waals surface area (Å²) in [7, 11) is -8.81. The van der Waals surface area contributed by atoms with Crippen molar-refractivity contribution in [1.29, 1.82) is 0 Å². The summed E-state index contributed by atoms with van der Waals surface area (Å²) in [6.07, 6.45) is 14.0. The minimum Gasteiger partial charge on any atom is -0.872 e. The monoisotopic (exact) mass is 794 g/mol. The van der Waals surface area contributed by atoms with E-state index in [0.717, 1.165) is 44.9 Å². The van der Waals surface area contributed by atoms with Crippen molar-refractivity contribution < 1.29 is 45.6 Å². The van der Waals surface area contributed by atoms with Crippen LogP contribution < -0.4 is 14.6 Å². The maximum Gasteiger partial charge on any atom is 2.00 e. The third-order valence-corrected chi connectivity index (χ3v) is 10.2. The molecule has 0 aromatic heterocycles. The molecule has 0 saturated heterocycles. The first-order chi connectivity index (χ1) is 24.8. The second kappa shape index (κ2) is 23.8. The van der Waals surface area contributed by atoms with E-state index >= 15 is 0 Å². The number of hydrogen-bond donors (Lipinski definition) is 2. The van der Waals surface area contributed by atoms with Crippen LogP contribution in [0, 0.1) is 0 Å². The van der Waals surface area contributed by atoms with Gasteiger partial charge in [-0.3, -0.25) is 4.55 Å². The summed E-state index contributed by atoms with van der Waals surface area (Å²) in [5.41, 5.74) is 1.01. The summed E-state index contributed by atoms with van der Waals surface area (Å²) >= 11 is 0. The van der Waals surface area contributed by atoms with Gasteiger partial charge in [-0.1, -0.05) is 96.3 Å². The molecule has 0 aliphatic carbocycles. The zero-order valence-corrected chi connectivity index (χ0v) is 34.5. The molecule has 4 aromatic rings. The zero-order chi connectivity index (χ0) is 38.0. The molecule has 0 bridgehead atoms. The van der Waals surface area contributed by atoms with E-state index in [1.807, 2.05) is 0 Å². The molecular formula is C40H50CaO10S2. The van der Waals surface area contributed by atoms with Gasteiger partial charge in [0.15, 0.2) is 0 Å². The van der Waals surface area contributed by atoms with Crippen molar-refractivity contribution in [3.63, 3.8) is 0 Å². The minimum absolute atomic E-state index is 0. The van der Waals surface area contributed by atoms with Crippen LogP contribution in [0.1, 0.15) is 102 Å². The fourth-order valence-electron chi connectivity index (χ4n) is 5.67. The molecule has 284 valence electrons. The molecule has 4 rings (SSSR count). The zero-order valence-electron chi connectivity index (χ0n) is 30.7. The molecule has 10 nitrogen and oxygen atoms in total. The number of phenols is 1. The van der Waals surface area contributed by atoms with E-state index in [2.05, 4.69) is 13.8 Å². The van der Waals surface area contributed by atoms with E-state index in [-0.39, 0.29) is 59.0 Å². The molecule has 0 amide bonds. The summed E-state index contributed by atoms with van der Waals surface area (Å²) in [6, 6.07) is 21.2. The molecule has 0 atom stereocenters. The Bertz CT molecular complexity index is 1780. The second-order valence-electron chi connectivity index (χ2n) is 12.7. The van der Waals surface area contributed by atoms with Crippen molar-refractivity contribution in [3.05, 3.63) is 96.1 Å². The smallest absolute Gasteiger partial charge is 0.872 e. The van der Waals surface area contributed by atoms with Gasteiger partial charge in [-0.05, 0) is 97.5 Å². The quantitative estimate of drug-likeness (QED) is 0.0499. The van der Waals surface area contributed by atoms with Crippen molar-refractivity contribution in [1.82, 2.24) is 0 Å². The van der Waals surface area contributed by atoms with Gasteiger partial charge in [0.2, 0.25) is 0 Å². The van der Waals surface area contributed by atoms with Gasteiger partial charge in [0, 0.05) is 6.07 Å². The first-order valence-corrected chi connectivity index (χ1v) is 20.8. The first kappa shape index (κ1) is 46.3. The Morgan fingerprint density at radius 1 is 0.566 bits per heavy atom. The minimum atomic E-state index is -4.54. The number of unbranched alkanes of at least 4 members (excludes halogenated alkanes) is 10. The van der Waals surface area contributed by atoms with Crippen LogP contribution in [0.4, 0.5) is 0 Å². The molecule has 0 spiro atoms. The van der Waals surface area contributed by atoms with Crippen molar-refractivity contribution in [3.8, 4) is 34.5 Å². The van der Waals surface area contributed by atoms with Gasteiger partial charge in [0.1, 0.15) is 38.9 Å². The summed E-state index contributed by atoms with van der Waals surface area (Å²) in [5, 5.41) is 20.9. The molecular weight excluding hydrogens is 745 g/mol. The Balaban J connectivity index is 0.000000360. The predicted molar refractivity (Wildman–Crippen MR) is 205 cm³/mol. The number of phenolic OH excluding ortho intramolecular Hbond substituents is 1. The van der Waals surface area contributed by atoms with E-state index in [1.54, 1.807) is 36.4 Å². The SMILES string of the molecule is CCCCCCCCc1cc(Oc2cccc(O)c2)ccc1S(=O)(=O)O.CCCCCCCCc1cc(Oc2cccc([O-])c2)ccc1S(=O)(=O)[O-].[Ca+2]. The van der Waals surface area contributed by atoms with Crippen LogP contribution in [0.5, 0.6) is 34.5 Å². The van der Waals surface area contributed by atoms with Crippen LogP contribution in [0.15, 0.2) is 94.7 Å². The van der Waals surface area contributed by atoms with Crippen LogP contribution >= 0.6 is 0 Å². The van der Waals surface area contributed by atoms with Crippen LogP contribution in [-0.4, -0.2) is 68.8 Å². The van der Waals surface area contributed by atoms with Crippen LogP contribution in [0.2, 0.25) is 0 Å². The van der Waals surface area contributed by atoms with Crippen molar-refractivity contribution in [2.24, 2.45) is 0 Å². The first-order valence-electron chi connectivity index (χ1n) is 17.9. The standard InChI is InChI=1S/2C20H26O5S.Ca/c2*1-2-3-4-5-6-7-9-16-14-19(12-13-20(16)26(22,23)24)25-18-11-8-10-17(21)15-18;/h2*8,10-15,21H,2-7,9H2,1H3,(H,22,23,24);/q;;+2/p-2. The van der Waals surface area contributed by atoms with Crippen LogP contribution in [-0.2, 0) is 33.1 Å². The third-order valence-electron chi connectivity index (χ3n) is 8.31. The average Bonchev–Trinajstić information content (AvgIpc) is 3.07. The average molecular weight is 795 g/mol. The predicted octanol–water partition coefficient (Wildman–Crippen LogP) is 9.31. The van der Waals surface area contributed by atoms with Crippen LogP contribution in [0.25, 0.3) is 0 Å². The molecule has 0 aliphatic rings. The molecule has 4 aromatic carbocycles.